The summed E-state index contributed by atoms with van der Waals surface area (Å²) in [7, 11) is 0. The van der Waals surface area contributed by atoms with Crippen LogP contribution in [-0.4, -0.2) is 40.8 Å². The van der Waals surface area contributed by atoms with Crippen molar-refractivity contribution in [3.8, 4) is 0 Å². The first-order valence-electron chi connectivity index (χ1n) is 6.17. The van der Waals surface area contributed by atoms with Crippen LogP contribution >= 0.6 is 22.6 Å². The Balaban J connectivity index is 2.70. The third-order valence-corrected chi connectivity index (χ3v) is 3.13. The van der Waals surface area contributed by atoms with E-state index in [2.05, 4.69) is 4.98 Å². The second kappa shape index (κ2) is 8.68. The molecule has 0 unspecified atom stereocenters. The minimum atomic E-state index is -0.732. The second-order valence-corrected chi connectivity index (χ2v) is 5.39. The summed E-state index contributed by atoms with van der Waals surface area (Å²) in [5.41, 5.74) is -1.12. The van der Waals surface area contributed by atoms with E-state index in [-0.39, 0.29) is 19.9 Å². The van der Waals surface area contributed by atoms with Crippen LogP contribution in [0, 0.1) is 3.57 Å². The molecular formula is C12H15IN2O7. The molecule has 1 aromatic rings. The van der Waals surface area contributed by atoms with Crippen LogP contribution in [-0.2, 0) is 30.5 Å². The van der Waals surface area contributed by atoms with E-state index < -0.39 is 29.3 Å². The first-order chi connectivity index (χ1) is 10.3. The molecule has 0 saturated carbocycles. The molecule has 0 atom stereocenters. The number of carbonyl (C=O) groups is 2. The molecule has 22 heavy (non-hydrogen) atoms. The summed E-state index contributed by atoms with van der Waals surface area (Å²) in [6.45, 7) is 2.02. The van der Waals surface area contributed by atoms with E-state index >= 15 is 0 Å². The van der Waals surface area contributed by atoms with Gasteiger partial charge in [-0.1, -0.05) is 0 Å². The van der Waals surface area contributed by atoms with E-state index in [1.54, 1.807) is 22.6 Å². The van der Waals surface area contributed by atoms with Crippen molar-refractivity contribution in [2.75, 3.05) is 13.2 Å². The number of halogens is 1. The second-order valence-electron chi connectivity index (χ2n) is 4.23. The monoisotopic (exact) mass is 426 g/mol. The maximum atomic E-state index is 11.6. The third kappa shape index (κ3) is 6.39. The number of nitrogens with zero attached hydrogens (tertiary/aromatic N) is 1. The molecule has 0 aliphatic carbocycles. The van der Waals surface area contributed by atoms with E-state index in [0.717, 1.165) is 4.57 Å². The largest absolute Gasteiger partial charge is 0.463 e. The summed E-state index contributed by atoms with van der Waals surface area (Å²) >= 11 is 1.78. The Hall–Kier alpha value is -1.69. The molecule has 0 saturated heterocycles. The first-order valence-corrected chi connectivity index (χ1v) is 7.25. The van der Waals surface area contributed by atoms with Gasteiger partial charge < -0.3 is 14.2 Å². The lowest BCUT2D eigenvalue weighted by Crippen LogP contribution is -2.34. The predicted molar refractivity (Wildman–Crippen MR) is 82.2 cm³/mol. The Morgan fingerprint density at radius 1 is 1.23 bits per heavy atom. The number of nitrogens with one attached hydrogen (secondary N) is 1. The zero-order chi connectivity index (χ0) is 16.7. The molecule has 1 N–H and O–H groups in total. The number of aromatic amines is 1. The third-order valence-electron chi connectivity index (χ3n) is 2.36. The van der Waals surface area contributed by atoms with Gasteiger partial charge in [0.25, 0.3) is 5.56 Å². The van der Waals surface area contributed by atoms with Crippen LogP contribution in [0.25, 0.3) is 0 Å². The number of hydrogen-bond acceptors (Lipinski definition) is 7. The van der Waals surface area contributed by atoms with Gasteiger partial charge in [-0.15, -0.1) is 0 Å². The minimum Gasteiger partial charge on any atom is -0.463 e. The van der Waals surface area contributed by atoms with Gasteiger partial charge in [-0.05, 0) is 22.6 Å². The highest BCUT2D eigenvalue weighted by Gasteiger charge is 2.14. The number of H-pyrrole nitrogens is 1. The van der Waals surface area contributed by atoms with Crippen molar-refractivity contribution >= 4 is 34.5 Å². The molecule has 10 heteroatoms. The summed E-state index contributed by atoms with van der Waals surface area (Å²) in [6.07, 6.45) is 0.598. The van der Waals surface area contributed by atoms with Crippen LogP contribution < -0.4 is 11.2 Å². The molecule has 0 aromatic carbocycles. The normalized spacial score (nSPS) is 10.5. The Morgan fingerprint density at radius 3 is 2.27 bits per heavy atom. The maximum Gasteiger partial charge on any atom is 0.330 e. The van der Waals surface area contributed by atoms with Crippen LogP contribution in [0.2, 0.25) is 0 Å². The van der Waals surface area contributed by atoms with Crippen LogP contribution in [0.15, 0.2) is 15.8 Å². The lowest BCUT2D eigenvalue weighted by Gasteiger charge is -2.17. The summed E-state index contributed by atoms with van der Waals surface area (Å²) in [5, 5.41) is 0. The van der Waals surface area contributed by atoms with E-state index in [4.69, 9.17) is 14.2 Å². The van der Waals surface area contributed by atoms with Gasteiger partial charge in [0.2, 0.25) is 0 Å². The molecule has 1 heterocycles. The van der Waals surface area contributed by atoms with Gasteiger partial charge in [0, 0.05) is 20.0 Å². The number of esters is 2. The number of hydrogen-bond donors (Lipinski definition) is 1. The highest BCUT2D eigenvalue weighted by molar-refractivity contribution is 14.1. The smallest absolute Gasteiger partial charge is 0.330 e. The van der Waals surface area contributed by atoms with Gasteiger partial charge in [0.1, 0.15) is 26.0 Å². The standard InChI is InChI=1S/C12H15IN2O7/c1-7(16)20-4-9(5-21-8(2)17)22-6-15-3-10(13)11(18)14-12(15)19/h3,9H,4-6H2,1-2H3,(H,14,18,19). The molecule has 0 aliphatic rings. The van der Waals surface area contributed by atoms with E-state index in [1.807, 2.05) is 0 Å². The van der Waals surface area contributed by atoms with Gasteiger partial charge >= 0.3 is 17.6 Å². The number of rotatable bonds is 7. The molecule has 1 rings (SSSR count). The van der Waals surface area contributed by atoms with Gasteiger partial charge in [-0.2, -0.15) is 0 Å². The average molecular weight is 426 g/mol. The molecule has 0 bridgehead atoms. The SMILES string of the molecule is CC(=O)OCC(COC(C)=O)OCn1cc(I)c(=O)[nH]c1=O. The fourth-order valence-corrected chi connectivity index (χ4v) is 1.80. The highest BCUT2D eigenvalue weighted by atomic mass is 127. The van der Waals surface area contributed by atoms with Crippen molar-refractivity contribution in [1.29, 1.82) is 0 Å². The number of ether oxygens (including phenoxy) is 3. The van der Waals surface area contributed by atoms with Crippen molar-refractivity contribution in [3.63, 3.8) is 0 Å². The van der Waals surface area contributed by atoms with E-state index in [0.29, 0.717) is 3.57 Å². The first kappa shape index (κ1) is 18.4. The fraction of sp³-hybridized carbons (Fsp3) is 0.500. The predicted octanol–water partition coefficient (Wildman–Crippen LogP) is -0.390. The molecule has 0 amide bonds. The lowest BCUT2D eigenvalue weighted by molar-refractivity contribution is -0.154. The Labute approximate surface area is 138 Å². The lowest BCUT2D eigenvalue weighted by atomic mass is 10.4. The maximum absolute atomic E-state index is 11.6. The molecule has 0 aliphatic heterocycles. The number of aromatic nitrogens is 2. The molecule has 0 fully saturated rings. The van der Waals surface area contributed by atoms with Crippen molar-refractivity contribution in [1.82, 2.24) is 9.55 Å². The Kier molecular flexibility index (Phi) is 7.24. The molecule has 1 aromatic heterocycles. The van der Waals surface area contributed by atoms with Crippen LogP contribution in [0.4, 0.5) is 0 Å². The zero-order valence-electron chi connectivity index (χ0n) is 12.0. The summed E-state index contributed by atoms with van der Waals surface area (Å²) in [6, 6.07) is 0. The molecule has 122 valence electrons. The van der Waals surface area contributed by atoms with E-state index in [9.17, 15) is 19.2 Å². The molecule has 0 spiro atoms. The van der Waals surface area contributed by atoms with Crippen LogP contribution in [0.3, 0.4) is 0 Å². The summed E-state index contributed by atoms with van der Waals surface area (Å²) in [4.78, 5) is 46.6. The molecule has 0 radical (unpaired) electrons. The number of carbonyl (C=O) groups excluding carboxylic acids is 2. The fourth-order valence-electron chi connectivity index (χ4n) is 1.33. The van der Waals surface area contributed by atoms with Crippen LogP contribution in [0.1, 0.15) is 13.8 Å². The van der Waals surface area contributed by atoms with Crippen molar-refractivity contribution < 1.29 is 23.8 Å². The molecular weight excluding hydrogens is 411 g/mol. The van der Waals surface area contributed by atoms with Crippen LogP contribution in [0.5, 0.6) is 0 Å². The van der Waals surface area contributed by atoms with Gasteiger partial charge in [0.05, 0.1) is 3.57 Å². The van der Waals surface area contributed by atoms with Crippen molar-refractivity contribution in [2.45, 2.75) is 26.7 Å². The Bertz CT molecular complexity index is 634. The van der Waals surface area contributed by atoms with Gasteiger partial charge in [0.15, 0.2) is 0 Å². The van der Waals surface area contributed by atoms with Gasteiger partial charge in [-0.3, -0.25) is 23.9 Å². The average Bonchev–Trinajstić information content (AvgIpc) is 2.42. The van der Waals surface area contributed by atoms with Crippen molar-refractivity contribution in [2.24, 2.45) is 0 Å². The van der Waals surface area contributed by atoms with Crippen molar-refractivity contribution in [3.05, 3.63) is 30.6 Å². The highest BCUT2D eigenvalue weighted by Crippen LogP contribution is 1.99. The quantitative estimate of drug-likeness (QED) is 0.466. The Morgan fingerprint density at radius 2 is 1.77 bits per heavy atom. The van der Waals surface area contributed by atoms with E-state index in [1.165, 1.54) is 20.0 Å². The zero-order valence-corrected chi connectivity index (χ0v) is 14.1. The molecule has 9 nitrogen and oxygen atoms in total. The minimum absolute atomic E-state index is 0.127. The summed E-state index contributed by atoms with van der Waals surface area (Å²) in [5.74, 6) is -1.01. The summed E-state index contributed by atoms with van der Waals surface area (Å²) < 4.78 is 16.4. The van der Waals surface area contributed by atoms with Gasteiger partial charge in [-0.25, -0.2) is 4.79 Å². The topological polar surface area (TPSA) is 117 Å².